The van der Waals surface area contributed by atoms with Gasteiger partial charge in [-0.15, -0.1) is 0 Å². The molecule has 0 atom stereocenters. The second-order valence-corrected chi connectivity index (χ2v) is 10.5. The van der Waals surface area contributed by atoms with Gasteiger partial charge in [-0.05, 0) is 67.1 Å². The fraction of sp³-hybridized carbons (Fsp3) is 0.464. The number of hydrogen-bond donors (Lipinski definition) is 2. The lowest BCUT2D eigenvalue weighted by Crippen LogP contribution is -2.49. The maximum absolute atomic E-state index is 14.3. The molecule has 0 bridgehead atoms. The summed E-state index contributed by atoms with van der Waals surface area (Å²) in [5, 5.41) is 8.54. The summed E-state index contributed by atoms with van der Waals surface area (Å²) in [6.07, 6.45) is 2.08. The molecule has 0 spiro atoms. The lowest BCUT2D eigenvalue weighted by Gasteiger charge is -2.45. The Bertz CT molecular complexity index is 1170. The van der Waals surface area contributed by atoms with Crippen molar-refractivity contribution in [1.82, 2.24) is 10.7 Å². The van der Waals surface area contributed by atoms with Gasteiger partial charge in [-0.3, -0.25) is 15.2 Å². The number of fused-ring (bicyclic) bond motifs is 1. The van der Waals surface area contributed by atoms with Crippen LogP contribution in [-0.4, -0.2) is 37.7 Å². The maximum atomic E-state index is 14.3. The molecular weight excluding hydrogens is 477 g/mol. The van der Waals surface area contributed by atoms with E-state index >= 15 is 0 Å². The molecule has 0 unspecified atom stereocenters. The zero-order chi connectivity index (χ0) is 25.9. The van der Waals surface area contributed by atoms with E-state index in [1.165, 1.54) is 6.34 Å². The number of hydrogen-bond acceptors (Lipinski definition) is 4. The minimum atomic E-state index is -0.871. The Morgan fingerprint density at radius 1 is 1.31 bits per heavy atom. The van der Waals surface area contributed by atoms with Crippen LogP contribution in [0.25, 0.3) is 0 Å². The number of nitrogens with one attached hydrogen (secondary N) is 2. The van der Waals surface area contributed by atoms with Crippen molar-refractivity contribution in [2.24, 2.45) is 16.0 Å². The molecule has 2 N–H and O–H groups in total. The van der Waals surface area contributed by atoms with Gasteiger partial charge >= 0.3 is 0 Å². The number of carbonyl (C=O) groups excluding carboxylic acids is 1. The molecule has 2 aliphatic rings. The van der Waals surface area contributed by atoms with Crippen LogP contribution in [0, 0.1) is 5.92 Å². The molecule has 192 valence electrons. The van der Waals surface area contributed by atoms with E-state index in [-0.39, 0.29) is 5.91 Å². The molecule has 1 heterocycles. The molecule has 0 aromatic heterocycles. The van der Waals surface area contributed by atoms with E-state index < -0.39 is 11.6 Å². The summed E-state index contributed by atoms with van der Waals surface area (Å²) in [6, 6.07) is 11.8. The van der Waals surface area contributed by atoms with E-state index in [1.54, 1.807) is 11.9 Å². The van der Waals surface area contributed by atoms with E-state index in [2.05, 4.69) is 34.7 Å². The van der Waals surface area contributed by atoms with E-state index in [0.29, 0.717) is 48.9 Å². The van der Waals surface area contributed by atoms with Gasteiger partial charge in [0.25, 0.3) is 5.91 Å². The minimum Gasteiger partial charge on any atom is -0.312 e. The van der Waals surface area contributed by atoms with Crippen molar-refractivity contribution in [2.75, 3.05) is 18.5 Å². The highest BCUT2D eigenvalue weighted by Gasteiger charge is 2.49. The Morgan fingerprint density at radius 2 is 2.08 bits per heavy atom. The quantitative estimate of drug-likeness (QED) is 0.247. The fourth-order valence-corrected chi connectivity index (χ4v) is 5.53. The molecule has 0 radical (unpaired) electrons. The normalized spacial score (nSPS) is 21.9. The highest BCUT2D eigenvalue weighted by molar-refractivity contribution is 6.32. The molecule has 1 aliphatic heterocycles. The molecule has 4 rings (SSSR count). The van der Waals surface area contributed by atoms with E-state index in [1.807, 2.05) is 43.3 Å². The van der Waals surface area contributed by atoms with Crippen molar-refractivity contribution >= 4 is 35.2 Å². The minimum absolute atomic E-state index is 0.0639. The lowest BCUT2D eigenvalue weighted by atomic mass is 9.60. The van der Waals surface area contributed by atoms with Gasteiger partial charge in [-0.25, -0.2) is 4.39 Å². The number of carbonyl (C=O) groups is 1. The van der Waals surface area contributed by atoms with Crippen LogP contribution in [0.5, 0.6) is 0 Å². The average Bonchev–Trinajstić information content (AvgIpc) is 3.17. The number of alkyl halides is 1. The molecule has 36 heavy (non-hydrogen) atoms. The number of halogens is 2. The van der Waals surface area contributed by atoms with Crippen molar-refractivity contribution < 1.29 is 9.18 Å². The first-order valence-electron chi connectivity index (χ1n) is 12.6. The fourth-order valence-electron chi connectivity index (χ4n) is 5.23. The monoisotopic (exact) mass is 511 g/mol. The third kappa shape index (κ3) is 5.18. The van der Waals surface area contributed by atoms with Gasteiger partial charge in [0.15, 0.2) is 0 Å². The van der Waals surface area contributed by atoms with Crippen molar-refractivity contribution in [3.63, 3.8) is 0 Å². The first-order chi connectivity index (χ1) is 17.3. The molecular formula is C28H35ClFN5O. The Morgan fingerprint density at radius 3 is 2.75 bits per heavy atom. The average molecular weight is 512 g/mol. The third-order valence-electron chi connectivity index (χ3n) is 7.05. The SMILES string of the molecule is CC/C(=N\NC=NC)C1(c2cccc(N3Cc4c(Cl)cc(CNCC(C)C)cc4C3=O)c2)CC(F)C1. The Labute approximate surface area is 218 Å². The van der Waals surface area contributed by atoms with Gasteiger partial charge in [0.1, 0.15) is 12.5 Å². The Kier molecular flexibility index (Phi) is 8.10. The largest absolute Gasteiger partial charge is 0.312 e. The number of rotatable bonds is 10. The maximum Gasteiger partial charge on any atom is 0.258 e. The molecule has 1 saturated carbocycles. The van der Waals surface area contributed by atoms with E-state index in [4.69, 9.17) is 11.6 Å². The summed E-state index contributed by atoms with van der Waals surface area (Å²) in [4.78, 5) is 19.2. The molecule has 1 fully saturated rings. The highest BCUT2D eigenvalue weighted by atomic mass is 35.5. The molecule has 1 amide bonds. The molecule has 2 aromatic carbocycles. The number of anilines is 1. The van der Waals surface area contributed by atoms with Crippen molar-refractivity contribution in [3.8, 4) is 0 Å². The van der Waals surface area contributed by atoms with Crippen LogP contribution >= 0.6 is 11.6 Å². The van der Waals surface area contributed by atoms with Crippen molar-refractivity contribution in [2.45, 2.75) is 64.7 Å². The van der Waals surface area contributed by atoms with E-state index in [9.17, 15) is 9.18 Å². The number of hydrazone groups is 1. The van der Waals surface area contributed by atoms with Crippen LogP contribution in [0.1, 0.15) is 67.1 Å². The van der Waals surface area contributed by atoms with Crippen LogP contribution in [0.4, 0.5) is 10.1 Å². The zero-order valence-electron chi connectivity index (χ0n) is 21.4. The number of benzene rings is 2. The second-order valence-electron chi connectivity index (χ2n) is 10.1. The van der Waals surface area contributed by atoms with Crippen LogP contribution in [0.3, 0.4) is 0 Å². The van der Waals surface area contributed by atoms with Crippen LogP contribution in [0.2, 0.25) is 5.02 Å². The van der Waals surface area contributed by atoms with Crippen LogP contribution < -0.4 is 15.6 Å². The highest BCUT2D eigenvalue weighted by Crippen LogP contribution is 2.48. The standard InChI is InChI=1S/C28H35ClFN5O/c1-5-26(34-33-17-31-4)28(12-21(30)13-28)20-7-6-8-22(11-20)35-16-24-23(27(35)36)9-19(10-25(24)29)15-32-14-18(2)3/h6-11,17-18,21,32H,5,12-16H2,1-4H3,(H,31,33)/b34-26+. The first-order valence-corrected chi connectivity index (χ1v) is 13.0. The van der Waals surface area contributed by atoms with Gasteiger partial charge in [0.05, 0.1) is 6.54 Å². The predicted octanol–water partition coefficient (Wildman–Crippen LogP) is 5.63. The van der Waals surface area contributed by atoms with Crippen molar-refractivity contribution in [3.05, 3.63) is 63.7 Å². The molecule has 1 aliphatic carbocycles. The molecule has 8 heteroatoms. The number of aliphatic imine (C=N–C) groups is 1. The zero-order valence-corrected chi connectivity index (χ0v) is 22.2. The topological polar surface area (TPSA) is 69.1 Å². The second kappa shape index (κ2) is 11.1. The van der Waals surface area contributed by atoms with Gasteiger partial charge in [0.2, 0.25) is 0 Å². The predicted molar refractivity (Wildman–Crippen MR) is 146 cm³/mol. The third-order valence-corrected chi connectivity index (χ3v) is 7.39. The van der Waals surface area contributed by atoms with Crippen LogP contribution in [0.15, 0.2) is 46.5 Å². The molecule has 6 nitrogen and oxygen atoms in total. The van der Waals surface area contributed by atoms with Gasteiger partial charge in [-0.2, -0.15) is 5.10 Å². The molecule has 2 aromatic rings. The summed E-state index contributed by atoms with van der Waals surface area (Å²) >= 11 is 6.62. The number of amides is 1. The Hall–Kier alpha value is -2.77. The van der Waals surface area contributed by atoms with Gasteiger partial charge in [-0.1, -0.05) is 44.5 Å². The molecule has 0 saturated heterocycles. The van der Waals surface area contributed by atoms with E-state index in [0.717, 1.165) is 34.6 Å². The summed E-state index contributed by atoms with van der Waals surface area (Å²) in [7, 11) is 1.66. The summed E-state index contributed by atoms with van der Waals surface area (Å²) in [5.41, 5.74) is 7.48. The van der Waals surface area contributed by atoms with Gasteiger partial charge in [0, 0.05) is 46.6 Å². The smallest absolute Gasteiger partial charge is 0.258 e. The van der Waals surface area contributed by atoms with Crippen LogP contribution in [-0.2, 0) is 18.5 Å². The first kappa shape index (κ1) is 26.3. The Balaban J connectivity index is 1.61. The summed E-state index contributed by atoms with van der Waals surface area (Å²) < 4.78 is 14.3. The summed E-state index contributed by atoms with van der Waals surface area (Å²) in [5.74, 6) is 0.478. The lowest BCUT2D eigenvalue weighted by molar-refractivity contribution is 0.0996. The van der Waals surface area contributed by atoms with Crippen molar-refractivity contribution in [1.29, 1.82) is 0 Å². The number of nitrogens with zero attached hydrogens (tertiary/aromatic N) is 3. The summed E-state index contributed by atoms with van der Waals surface area (Å²) in [6.45, 7) is 8.31. The van der Waals surface area contributed by atoms with Gasteiger partial charge < -0.3 is 10.2 Å².